The Bertz CT molecular complexity index is 1320. The summed E-state index contributed by atoms with van der Waals surface area (Å²) in [4.78, 5) is 30.4. The molecule has 0 saturated carbocycles. The van der Waals surface area contributed by atoms with Gasteiger partial charge in [0, 0.05) is 37.2 Å². The predicted molar refractivity (Wildman–Crippen MR) is 126 cm³/mol. The number of hydrogen-bond acceptors (Lipinski definition) is 4. The molecule has 1 aliphatic heterocycles. The van der Waals surface area contributed by atoms with Crippen molar-refractivity contribution in [1.29, 1.82) is 0 Å². The van der Waals surface area contributed by atoms with Gasteiger partial charge in [0.2, 0.25) is 5.43 Å². The number of carbonyl (C=O) groups is 1. The summed E-state index contributed by atoms with van der Waals surface area (Å²) in [5, 5.41) is 0.180. The van der Waals surface area contributed by atoms with Crippen LogP contribution in [-0.4, -0.2) is 44.3 Å². The molecule has 0 radical (unpaired) electrons. The number of pyridine rings is 1. The molecule has 0 aliphatic carbocycles. The number of nitrogens with zero attached hydrogens (tertiary/aromatic N) is 2. The molecular formula is C24H27N3O4S. The molecule has 1 N–H and O–H groups in total. The van der Waals surface area contributed by atoms with E-state index >= 15 is 0 Å². The molecule has 168 valence electrons. The summed E-state index contributed by atoms with van der Waals surface area (Å²) in [5.74, 6) is 0.0249. The van der Waals surface area contributed by atoms with Crippen molar-refractivity contribution in [3.63, 3.8) is 0 Å². The second-order valence-electron chi connectivity index (χ2n) is 8.46. The Kier molecular flexibility index (Phi) is 5.81. The minimum Gasteiger partial charge on any atom is -0.360 e. The zero-order valence-electron chi connectivity index (χ0n) is 18.5. The predicted octanol–water partition coefficient (Wildman–Crippen LogP) is 3.71. The van der Waals surface area contributed by atoms with Crippen LogP contribution in [0.15, 0.2) is 58.4 Å². The van der Waals surface area contributed by atoms with Gasteiger partial charge >= 0.3 is 0 Å². The van der Waals surface area contributed by atoms with E-state index in [1.807, 2.05) is 12.1 Å². The van der Waals surface area contributed by atoms with E-state index in [0.717, 1.165) is 18.4 Å². The van der Waals surface area contributed by atoms with E-state index in [1.165, 1.54) is 29.7 Å². The number of aromatic amines is 1. The van der Waals surface area contributed by atoms with Gasteiger partial charge in [-0.3, -0.25) is 13.9 Å². The minimum absolute atomic E-state index is 0.00305. The molecule has 1 aromatic heterocycles. The van der Waals surface area contributed by atoms with Gasteiger partial charge in [0.15, 0.2) is 0 Å². The monoisotopic (exact) mass is 453 g/mol. The van der Waals surface area contributed by atoms with Gasteiger partial charge in [0.25, 0.3) is 15.9 Å². The Labute approximate surface area is 187 Å². The second kappa shape index (κ2) is 8.43. The number of rotatable bonds is 5. The summed E-state index contributed by atoms with van der Waals surface area (Å²) in [5.41, 5.74) is 1.70. The van der Waals surface area contributed by atoms with E-state index < -0.39 is 15.5 Å². The fourth-order valence-corrected chi connectivity index (χ4v) is 5.20. The molecule has 7 nitrogen and oxygen atoms in total. The number of likely N-dealkylation sites (tertiary alicyclic amines) is 1. The van der Waals surface area contributed by atoms with Crippen molar-refractivity contribution < 1.29 is 13.2 Å². The number of hydrogen-bond donors (Lipinski definition) is 1. The van der Waals surface area contributed by atoms with Crippen molar-refractivity contribution in [2.75, 3.05) is 24.4 Å². The highest BCUT2D eigenvalue weighted by Gasteiger charge is 2.25. The lowest BCUT2D eigenvalue weighted by atomic mass is 10.0. The number of sulfonamides is 1. The van der Waals surface area contributed by atoms with Gasteiger partial charge in [0.1, 0.15) is 5.56 Å². The van der Waals surface area contributed by atoms with Crippen LogP contribution in [0, 0.1) is 0 Å². The summed E-state index contributed by atoms with van der Waals surface area (Å²) < 4.78 is 27.7. The third-order valence-corrected chi connectivity index (χ3v) is 7.84. The molecule has 1 saturated heterocycles. The van der Waals surface area contributed by atoms with Crippen LogP contribution in [0.2, 0.25) is 0 Å². The lowest BCUT2D eigenvalue weighted by Gasteiger charge is -2.20. The van der Waals surface area contributed by atoms with Crippen LogP contribution < -0.4 is 9.73 Å². The third-order valence-electron chi connectivity index (χ3n) is 6.06. The van der Waals surface area contributed by atoms with Crippen molar-refractivity contribution in [2.24, 2.45) is 0 Å². The van der Waals surface area contributed by atoms with Crippen molar-refractivity contribution >= 4 is 32.5 Å². The maximum atomic E-state index is 13.3. The Morgan fingerprint density at radius 1 is 1.06 bits per heavy atom. The summed E-state index contributed by atoms with van der Waals surface area (Å²) in [6.45, 7) is 5.41. The van der Waals surface area contributed by atoms with Crippen LogP contribution in [0.5, 0.6) is 0 Å². The topological polar surface area (TPSA) is 90.6 Å². The fourth-order valence-electron chi connectivity index (χ4n) is 3.97. The molecule has 32 heavy (non-hydrogen) atoms. The zero-order chi connectivity index (χ0) is 23.0. The summed E-state index contributed by atoms with van der Waals surface area (Å²) in [6, 6.07) is 11.7. The number of aromatic nitrogens is 1. The SMILES string of the molecule is CC(C)c1ccc(N(C)S(=O)(=O)c2ccc3[nH]cc(C(=O)N4CCCC4)c(=O)c3c2)cc1. The van der Waals surface area contributed by atoms with E-state index in [2.05, 4.69) is 18.8 Å². The van der Waals surface area contributed by atoms with E-state index in [4.69, 9.17) is 0 Å². The quantitative estimate of drug-likeness (QED) is 0.638. The highest BCUT2D eigenvalue weighted by molar-refractivity contribution is 7.92. The van der Waals surface area contributed by atoms with Gasteiger partial charge in [-0.25, -0.2) is 8.42 Å². The Morgan fingerprint density at radius 2 is 1.72 bits per heavy atom. The third kappa shape index (κ3) is 3.90. The molecule has 0 atom stereocenters. The van der Waals surface area contributed by atoms with Crippen LogP contribution in [0.4, 0.5) is 5.69 Å². The molecular weight excluding hydrogens is 426 g/mol. The van der Waals surface area contributed by atoms with Crippen LogP contribution in [0.3, 0.4) is 0 Å². The second-order valence-corrected chi connectivity index (χ2v) is 10.4. The smallest absolute Gasteiger partial charge is 0.264 e. The number of H-pyrrole nitrogens is 1. The molecule has 0 unspecified atom stereocenters. The molecule has 3 aromatic rings. The molecule has 1 fully saturated rings. The normalized spacial score (nSPS) is 14.3. The van der Waals surface area contributed by atoms with Gasteiger partial charge in [0.05, 0.1) is 10.6 Å². The highest BCUT2D eigenvalue weighted by Crippen LogP contribution is 2.26. The molecule has 4 rings (SSSR count). The fraction of sp³-hybridized carbons (Fsp3) is 0.333. The molecule has 0 bridgehead atoms. The zero-order valence-corrected chi connectivity index (χ0v) is 19.3. The Hall–Kier alpha value is -3.13. The number of benzene rings is 2. The average molecular weight is 454 g/mol. The van der Waals surface area contributed by atoms with Crippen LogP contribution in [0.25, 0.3) is 10.9 Å². The van der Waals surface area contributed by atoms with Crippen molar-refractivity contribution in [3.05, 3.63) is 70.0 Å². The van der Waals surface area contributed by atoms with Gasteiger partial charge in [-0.2, -0.15) is 0 Å². The minimum atomic E-state index is -3.90. The molecule has 1 amide bonds. The van der Waals surface area contributed by atoms with E-state index in [-0.39, 0.29) is 21.8 Å². The molecule has 2 heterocycles. The molecule has 8 heteroatoms. The molecule has 0 spiro atoms. The largest absolute Gasteiger partial charge is 0.360 e. The number of fused-ring (bicyclic) bond motifs is 1. The number of amides is 1. The first-order chi connectivity index (χ1) is 15.2. The highest BCUT2D eigenvalue weighted by atomic mass is 32.2. The lowest BCUT2D eigenvalue weighted by molar-refractivity contribution is 0.0791. The standard InChI is InChI=1S/C24H27N3O4S/c1-16(2)17-6-8-18(9-7-17)26(3)32(30,31)19-10-11-22-20(14-19)23(28)21(15-25-22)24(29)27-12-4-5-13-27/h6-11,14-16H,4-5,12-13H2,1-3H3,(H,25,28). The van der Waals surface area contributed by atoms with Gasteiger partial charge in [-0.1, -0.05) is 26.0 Å². The summed E-state index contributed by atoms with van der Waals surface area (Å²) >= 11 is 0. The van der Waals surface area contributed by atoms with E-state index in [1.54, 1.807) is 23.1 Å². The summed E-state index contributed by atoms with van der Waals surface area (Å²) in [7, 11) is -2.41. The van der Waals surface area contributed by atoms with Gasteiger partial charge < -0.3 is 9.88 Å². The lowest BCUT2D eigenvalue weighted by Crippen LogP contribution is -2.32. The maximum Gasteiger partial charge on any atom is 0.264 e. The van der Waals surface area contributed by atoms with Crippen molar-refractivity contribution in [3.8, 4) is 0 Å². The molecule has 1 aliphatic rings. The van der Waals surface area contributed by atoms with Crippen LogP contribution in [0.1, 0.15) is 48.5 Å². The molecule has 2 aromatic carbocycles. The Morgan fingerprint density at radius 3 is 2.34 bits per heavy atom. The first-order valence-corrected chi connectivity index (χ1v) is 12.2. The van der Waals surface area contributed by atoms with Crippen LogP contribution >= 0.6 is 0 Å². The van der Waals surface area contributed by atoms with Gasteiger partial charge in [-0.05, 0) is 54.7 Å². The first-order valence-electron chi connectivity index (χ1n) is 10.7. The van der Waals surface area contributed by atoms with Crippen molar-refractivity contribution in [2.45, 2.75) is 37.5 Å². The van der Waals surface area contributed by atoms with E-state index in [0.29, 0.717) is 30.2 Å². The van der Waals surface area contributed by atoms with Crippen molar-refractivity contribution in [1.82, 2.24) is 9.88 Å². The maximum absolute atomic E-state index is 13.3. The van der Waals surface area contributed by atoms with Crippen LogP contribution in [-0.2, 0) is 10.0 Å². The number of nitrogens with one attached hydrogen (secondary N) is 1. The Balaban J connectivity index is 1.72. The number of carbonyl (C=O) groups excluding carboxylic acids is 1. The number of anilines is 1. The average Bonchev–Trinajstić information content (AvgIpc) is 3.33. The van der Waals surface area contributed by atoms with Gasteiger partial charge in [-0.15, -0.1) is 0 Å². The summed E-state index contributed by atoms with van der Waals surface area (Å²) in [6.07, 6.45) is 3.26. The van der Waals surface area contributed by atoms with E-state index in [9.17, 15) is 18.0 Å². The first kappa shape index (κ1) is 22.1.